The number of rotatable bonds is 9. The molecule has 3 rings (SSSR count). The third-order valence-corrected chi connectivity index (χ3v) is 6.15. The number of nitrogens with zero attached hydrogens (tertiary/aromatic N) is 3. The van der Waals surface area contributed by atoms with Gasteiger partial charge in [-0.2, -0.15) is 0 Å². The number of ether oxygens (including phenoxy) is 3. The first-order valence-corrected chi connectivity index (χ1v) is 13.2. The lowest BCUT2D eigenvalue weighted by atomic mass is 10.1. The molecule has 1 aliphatic heterocycles. The number of piperazine rings is 1. The molecule has 212 valence electrons. The summed E-state index contributed by atoms with van der Waals surface area (Å²) >= 11 is 0. The lowest BCUT2D eigenvalue weighted by molar-refractivity contribution is -0.155. The third kappa shape index (κ3) is 8.30. The van der Waals surface area contributed by atoms with Crippen LogP contribution in [0.2, 0.25) is 0 Å². The van der Waals surface area contributed by atoms with Crippen molar-refractivity contribution in [3.8, 4) is 5.75 Å². The number of esters is 1. The molecule has 1 fully saturated rings. The van der Waals surface area contributed by atoms with Gasteiger partial charge >= 0.3 is 12.1 Å². The number of amides is 3. The Morgan fingerprint density at radius 2 is 1.72 bits per heavy atom. The molecular formula is C28H38N4O7. The molecule has 0 saturated carbocycles. The predicted molar refractivity (Wildman–Crippen MR) is 144 cm³/mol. The molecule has 3 amide bonds. The van der Waals surface area contributed by atoms with E-state index in [0.29, 0.717) is 43.9 Å². The van der Waals surface area contributed by atoms with Gasteiger partial charge in [-0.15, -0.1) is 0 Å². The van der Waals surface area contributed by atoms with Crippen LogP contribution in [0.3, 0.4) is 0 Å². The maximum absolute atomic E-state index is 13.5. The number of fused-ring (bicyclic) bond motifs is 1. The highest BCUT2D eigenvalue weighted by Gasteiger charge is 2.31. The molecule has 1 aliphatic rings. The van der Waals surface area contributed by atoms with E-state index in [1.807, 2.05) is 18.2 Å². The van der Waals surface area contributed by atoms with Crippen molar-refractivity contribution in [1.82, 2.24) is 20.1 Å². The molecule has 1 aromatic carbocycles. The van der Waals surface area contributed by atoms with E-state index in [2.05, 4.69) is 10.3 Å². The first-order valence-electron chi connectivity index (χ1n) is 13.2. The molecule has 0 aliphatic carbocycles. The minimum atomic E-state index is -0.895. The Labute approximate surface area is 228 Å². The van der Waals surface area contributed by atoms with Crippen molar-refractivity contribution < 1.29 is 33.4 Å². The quantitative estimate of drug-likeness (QED) is 0.479. The Morgan fingerprint density at radius 1 is 1.05 bits per heavy atom. The Balaban J connectivity index is 1.74. The Morgan fingerprint density at radius 3 is 2.36 bits per heavy atom. The highest BCUT2D eigenvalue weighted by Crippen LogP contribution is 2.25. The second-order valence-electron chi connectivity index (χ2n) is 10.2. The number of carbonyl (C=O) groups excluding carboxylic acids is 4. The van der Waals surface area contributed by atoms with E-state index in [0.717, 1.165) is 5.39 Å². The molecule has 1 atom stereocenters. The van der Waals surface area contributed by atoms with Crippen LogP contribution in [0.25, 0.3) is 10.9 Å². The summed E-state index contributed by atoms with van der Waals surface area (Å²) in [5, 5.41) is 3.58. The summed E-state index contributed by atoms with van der Waals surface area (Å²) in [5.41, 5.74) is 0.0902. The molecule has 39 heavy (non-hydrogen) atoms. The smallest absolute Gasteiger partial charge is 0.409 e. The first-order chi connectivity index (χ1) is 18.5. The van der Waals surface area contributed by atoms with Crippen LogP contribution in [0.1, 0.15) is 57.4 Å². The summed E-state index contributed by atoms with van der Waals surface area (Å²) in [5.74, 6) is -0.693. The zero-order valence-electron chi connectivity index (χ0n) is 23.3. The summed E-state index contributed by atoms with van der Waals surface area (Å²) in [6.45, 7) is 8.64. The van der Waals surface area contributed by atoms with Crippen molar-refractivity contribution in [2.75, 3.05) is 39.9 Å². The first kappa shape index (κ1) is 29.7. The Hall–Kier alpha value is -3.89. The summed E-state index contributed by atoms with van der Waals surface area (Å²) in [6, 6.07) is 7.94. The zero-order chi connectivity index (χ0) is 28.6. The van der Waals surface area contributed by atoms with Crippen LogP contribution in [0, 0.1) is 0 Å². The summed E-state index contributed by atoms with van der Waals surface area (Å²) in [7, 11) is 1.52. The van der Waals surface area contributed by atoms with Crippen LogP contribution in [0.5, 0.6) is 5.75 Å². The lowest BCUT2D eigenvalue weighted by Gasteiger charge is -2.36. The Bertz CT molecular complexity index is 1190. The highest BCUT2D eigenvalue weighted by molar-refractivity contribution is 5.99. The fourth-order valence-corrected chi connectivity index (χ4v) is 4.31. The number of benzene rings is 1. The van der Waals surface area contributed by atoms with Gasteiger partial charge in [0.15, 0.2) is 0 Å². The van der Waals surface area contributed by atoms with E-state index in [1.54, 1.807) is 43.6 Å². The Kier molecular flexibility index (Phi) is 10.1. The van der Waals surface area contributed by atoms with Gasteiger partial charge in [0.25, 0.3) is 5.91 Å². The third-order valence-electron chi connectivity index (χ3n) is 6.15. The predicted octanol–water partition coefficient (Wildman–Crippen LogP) is 3.15. The molecule has 11 heteroatoms. The molecule has 1 aromatic heterocycles. The van der Waals surface area contributed by atoms with Crippen molar-refractivity contribution in [3.05, 3.63) is 36.0 Å². The van der Waals surface area contributed by atoms with E-state index < -0.39 is 23.6 Å². The highest BCUT2D eigenvalue weighted by atomic mass is 16.6. The lowest BCUT2D eigenvalue weighted by Crippen LogP contribution is -2.56. The van der Waals surface area contributed by atoms with Gasteiger partial charge in [-0.25, -0.2) is 9.78 Å². The second-order valence-corrected chi connectivity index (χ2v) is 10.2. The van der Waals surface area contributed by atoms with Crippen LogP contribution in [0.4, 0.5) is 4.79 Å². The molecule has 1 N–H and O–H groups in total. The fraction of sp³-hybridized carbons (Fsp3) is 0.536. The molecule has 0 radical (unpaired) electrons. The second kappa shape index (κ2) is 13.3. The van der Waals surface area contributed by atoms with Crippen LogP contribution in [0.15, 0.2) is 30.3 Å². The van der Waals surface area contributed by atoms with Gasteiger partial charge in [0.05, 0.1) is 19.2 Å². The molecule has 11 nitrogen and oxygen atoms in total. The molecule has 1 saturated heterocycles. The number of para-hydroxylation sites is 1. The molecular weight excluding hydrogens is 504 g/mol. The molecule has 0 spiro atoms. The zero-order valence-corrected chi connectivity index (χ0v) is 23.3. The van der Waals surface area contributed by atoms with Crippen molar-refractivity contribution >= 4 is 34.8 Å². The van der Waals surface area contributed by atoms with Gasteiger partial charge in [-0.05, 0) is 52.7 Å². The minimum Gasteiger partial charge on any atom is -0.496 e. The van der Waals surface area contributed by atoms with Gasteiger partial charge in [-0.1, -0.05) is 12.1 Å². The van der Waals surface area contributed by atoms with Crippen molar-refractivity contribution in [2.24, 2.45) is 0 Å². The maximum atomic E-state index is 13.5. The number of carbonyl (C=O) groups is 4. The van der Waals surface area contributed by atoms with Gasteiger partial charge in [-0.3, -0.25) is 14.4 Å². The van der Waals surface area contributed by atoms with Gasteiger partial charge < -0.3 is 29.3 Å². The van der Waals surface area contributed by atoms with Crippen LogP contribution in [-0.2, 0) is 19.1 Å². The monoisotopic (exact) mass is 542 g/mol. The largest absolute Gasteiger partial charge is 0.496 e. The van der Waals surface area contributed by atoms with Crippen LogP contribution in [-0.4, -0.2) is 90.2 Å². The number of aromatic nitrogens is 1. The van der Waals surface area contributed by atoms with E-state index in [4.69, 9.17) is 14.2 Å². The molecule has 0 bridgehead atoms. The number of pyridine rings is 1. The van der Waals surface area contributed by atoms with Gasteiger partial charge in [0.1, 0.15) is 23.1 Å². The average molecular weight is 543 g/mol. The topological polar surface area (TPSA) is 127 Å². The molecule has 1 unspecified atom stereocenters. The van der Waals surface area contributed by atoms with E-state index >= 15 is 0 Å². The van der Waals surface area contributed by atoms with Crippen molar-refractivity contribution in [2.45, 2.75) is 58.6 Å². The van der Waals surface area contributed by atoms with Gasteiger partial charge in [0.2, 0.25) is 5.91 Å². The maximum Gasteiger partial charge on any atom is 0.409 e. The minimum absolute atomic E-state index is 0.107. The SMILES string of the molecule is CCOC(=O)N1CCN(C(=O)C(CCCC(=O)OC(C)(C)C)NC(=O)c2cc(OC)c3ccccc3n2)CC1. The average Bonchev–Trinajstić information content (AvgIpc) is 2.90. The molecule has 2 heterocycles. The van der Waals surface area contributed by atoms with E-state index in [1.165, 1.54) is 13.2 Å². The fourth-order valence-electron chi connectivity index (χ4n) is 4.31. The van der Waals surface area contributed by atoms with E-state index in [-0.39, 0.29) is 37.0 Å². The number of nitrogens with one attached hydrogen (secondary N) is 1. The molecule has 2 aromatic rings. The van der Waals surface area contributed by atoms with E-state index in [9.17, 15) is 19.2 Å². The van der Waals surface area contributed by atoms with Crippen molar-refractivity contribution in [3.63, 3.8) is 0 Å². The van der Waals surface area contributed by atoms with Crippen LogP contribution < -0.4 is 10.1 Å². The number of hydrogen-bond acceptors (Lipinski definition) is 8. The van der Waals surface area contributed by atoms with Crippen LogP contribution >= 0.6 is 0 Å². The van der Waals surface area contributed by atoms with Crippen molar-refractivity contribution in [1.29, 1.82) is 0 Å². The summed E-state index contributed by atoms with van der Waals surface area (Å²) in [4.78, 5) is 58.7. The summed E-state index contributed by atoms with van der Waals surface area (Å²) in [6.07, 6.45) is 0.258. The number of methoxy groups -OCH3 is 1. The normalized spacial score (nSPS) is 14.5. The summed E-state index contributed by atoms with van der Waals surface area (Å²) < 4.78 is 15.9. The number of hydrogen-bond donors (Lipinski definition) is 1. The standard InChI is InChI=1S/C28H38N4O7/c1-6-38-27(36)32-16-14-31(15-17-32)26(35)21(12-9-13-24(33)39-28(2,3)4)30-25(34)22-18-23(37-5)19-10-7-8-11-20(19)29-22/h7-8,10-11,18,21H,6,9,12-17H2,1-5H3,(H,30,34). The van der Waals surface area contributed by atoms with Gasteiger partial charge in [0, 0.05) is 44.1 Å².